The van der Waals surface area contributed by atoms with Gasteiger partial charge in [-0.15, -0.1) is 11.3 Å². The van der Waals surface area contributed by atoms with Gasteiger partial charge < -0.3 is 10.1 Å². The standard InChI is InChI=1S/C16H11ClF2N2O2S.C15H22O/c1-20-16(22)14-9(18)3-4-11(15(14)19)23-7-13-21-10-6-8(17)2-5-12(10)24-13;1-14(2,3)12-7-11(10-16)8-13(9-12)15(4,5)6/h2-6H,7H2,1H3,(H,20,22);7-10H,1-6H3. The van der Waals surface area contributed by atoms with Gasteiger partial charge in [0.05, 0.1) is 10.2 Å². The molecule has 0 radical (unpaired) electrons. The summed E-state index contributed by atoms with van der Waals surface area (Å²) in [5.41, 5.74) is 3.43. The number of thiazole rings is 1. The van der Waals surface area contributed by atoms with E-state index in [0.29, 0.717) is 10.0 Å². The van der Waals surface area contributed by atoms with E-state index in [0.717, 1.165) is 34.2 Å². The smallest absolute Gasteiger partial charge is 0.257 e. The number of hydrogen-bond donors (Lipinski definition) is 1. The molecule has 0 saturated carbocycles. The molecule has 1 heterocycles. The van der Waals surface area contributed by atoms with Crippen molar-refractivity contribution in [2.75, 3.05) is 7.05 Å². The minimum absolute atomic E-state index is 0.00724. The van der Waals surface area contributed by atoms with E-state index in [1.165, 1.54) is 29.5 Å². The second kappa shape index (κ2) is 12.4. The fourth-order valence-corrected chi connectivity index (χ4v) is 4.74. The van der Waals surface area contributed by atoms with Crippen molar-refractivity contribution >= 4 is 45.3 Å². The van der Waals surface area contributed by atoms with E-state index in [9.17, 15) is 18.4 Å². The maximum Gasteiger partial charge on any atom is 0.257 e. The fraction of sp³-hybridized carbons (Fsp3) is 0.323. The average molecular weight is 587 g/mol. The first-order valence-corrected chi connectivity index (χ1v) is 13.8. The summed E-state index contributed by atoms with van der Waals surface area (Å²) < 4.78 is 34.2. The molecule has 0 atom stereocenters. The average Bonchev–Trinajstić information content (AvgIpc) is 3.29. The van der Waals surface area contributed by atoms with Crippen LogP contribution in [-0.2, 0) is 17.4 Å². The molecule has 0 saturated heterocycles. The van der Waals surface area contributed by atoms with E-state index < -0.39 is 23.1 Å². The number of ether oxygens (including phenoxy) is 1. The van der Waals surface area contributed by atoms with Gasteiger partial charge in [-0.05, 0) is 64.4 Å². The zero-order valence-electron chi connectivity index (χ0n) is 23.6. The quantitative estimate of drug-likeness (QED) is 0.239. The largest absolute Gasteiger partial charge is 0.483 e. The summed E-state index contributed by atoms with van der Waals surface area (Å²) in [6.07, 6.45) is 0.935. The second-order valence-corrected chi connectivity index (χ2v) is 12.8. The van der Waals surface area contributed by atoms with Gasteiger partial charge in [0, 0.05) is 17.6 Å². The number of nitrogens with zero attached hydrogens (tertiary/aromatic N) is 1. The predicted molar refractivity (Wildman–Crippen MR) is 158 cm³/mol. The zero-order chi connectivity index (χ0) is 29.8. The molecule has 0 spiro atoms. The molecule has 5 nitrogen and oxygen atoms in total. The van der Waals surface area contributed by atoms with Gasteiger partial charge in [0.2, 0.25) is 0 Å². The molecule has 0 aliphatic carbocycles. The van der Waals surface area contributed by atoms with Crippen molar-refractivity contribution in [2.24, 2.45) is 0 Å². The number of aromatic nitrogens is 1. The summed E-state index contributed by atoms with van der Waals surface area (Å²) >= 11 is 7.29. The Morgan fingerprint density at radius 2 is 1.62 bits per heavy atom. The molecule has 1 N–H and O–H groups in total. The van der Waals surface area contributed by atoms with Crippen molar-refractivity contribution in [3.63, 3.8) is 0 Å². The van der Waals surface area contributed by atoms with Gasteiger partial charge in [-0.3, -0.25) is 9.59 Å². The minimum Gasteiger partial charge on any atom is -0.483 e. The van der Waals surface area contributed by atoms with Crippen molar-refractivity contribution in [1.29, 1.82) is 0 Å². The SMILES string of the molecule is CC(C)(C)c1cc(C=O)cc(C(C)(C)C)c1.CNC(=O)c1c(F)ccc(OCc2nc3cc(Cl)ccc3s2)c1F. The first kappa shape index (κ1) is 31.2. The number of benzene rings is 3. The summed E-state index contributed by atoms with van der Waals surface area (Å²) in [4.78, 5) is 26.9. The predicted octanol–water partition coefficient (Wildman–Crippen LogP) is 8.26. The summed E-state index contributed by atoms with van der Waals surface area (Å²) in [7, 11) is 1.29. The molecule has 1 aromatic heterocycles. The normalized spacial score (nSPS) is 11.6. The maximum absolute atomic E-state index is 14.3. The van der Waals surface area contributed by atoms with Crippen LogP contribution >= 0.6 is 22.9 Å². The summed E-state index contributed by atoms with van der Waals surface area (Å²) in [6, 6.07) is 13.6. The third kappa shape index (κ3) is 7.64. The maximum atomic E-state index is 14.3. The number of carbonyl (C=O) groups excluding carboxylic acids is 2. The van der Waals surface area contributed by atoms with E-state index in [1.54, 1.807) is 12.1 Å². The molecule has 0 aliphatic heterocycles. The van der Waals surface area contributed by atoms with Crippen LogP contribution < -0.4 is 10.1 Å². The van der Waals surface area contributed by atoms with Gasteiger partial charge in [-0.2, -0.15) is 0 Å². The van der Waals surface area contributed by atoms with Crippen LogP contribution in [0.3, 0.4) is 0 Å². The van der Waals surface area contributed by atoms with Crippen molar-refractivity contribution in [3.8, 4) is 5.75 Å². The number of amides is 1. The minimum atomic E-state index is -1.04. The number of aldehydes is 1. The van der Waals surface area contributed by atoms with E-state index >= 15 is 0 Å². The molecule has 1 amide bonds. The number of halogens is 3. The molecule has 0 aliphatic rings. The van der Waals surface area contributed by atoms with E-state index in [4.69, 9.17) is 16.3 Å². The summed E-state index contributed by atoms with van der Waals surface area (Å²) in [5, 5.41) is 3.37. The highest BCUT2D eigenvalue weighted by atomic mass is 35.5. The van der Waals surface area contributed by atoms with Gasteiger partial charge >= 0.3 is 0 Å². The van der Waals surface area contributed by atoms with Crippen molar-refractivity contribution < 1.29 is 23.1 Å². The van der Waals surface area contributed by atoms with Crippen molar-refractivity contribution in [3.05, 3.63) is 92.4 Å². The van der Waals surface area contributed by atoms with Crippen LogP contribution in [0.25, 0.3) is 10.2 Å². The van der Waals surface area contributed by atoms with Gasteiger partial charge in [-0.25, -0.2) is 13.8 Å². The van der Waals surface area contributed by atoms with E-state index in [2.05, 4.69) is 57.9 Å². The Labute approximate surface area is 242 Å². The van der Waals surface area contributed by atoms with Gasteiger partial charge in [0.1, 0.15) is 29.3 Å². The van der Waals surface area contributed by atoms with Crippen LogP contribution in [0.4, 0.5) is 8.78 Å². The molecule has 0 bridgehead atoms. The van der Waals surface area contributed by atoms with Gasteiger partial charge in [0.15, 0.2) is 11.6 Å². The number of nitrogens with one attached hydrogen (secondary N) is 1. The molecule has 0 fully saturated rings. The topological polar surface area (TPSA) is 68.3 Å². The van der Waals surface area contributed by atoms with Crippen LogP contribution in [0.5, 0.6) is 5.75 Å². The molecule has 4 rings (SSSR count). The third-order valence-electron chi connectivity index (χ3n) is 6.08. The molecule has 212 valence electrons. The Balaban J connectivity index is 0.000000241. The highest BCUT2D eigenvalue weighted by molar-refractivity contribution is 7.18. The lowest BCUT2D eigenvalue weighted by atomic mass is 9.80. The lowest BCUT2D eigenvalue weighted by molar-refractivity contribution is 0.0953. The molecular weight excluding hydrogens is 554 g/mol. The lowest BCUT2D eigenvalue weighted by Gasteiger charge is -2.25. The Morgan fingerprint density at radius 1 is 1.00 bits per heavy atom. The van der Waals surface area contributed by atoms with Crippen LogP contribution in [0.1, 0.15) is 78.4 Å². The summed E-state index contributed by atoms with van der Waals surface area (Å²) in [6.45, 7) is 13.0. The van der Waals surface area contributed by atoms with E-state index in [-0.39, 0.29) is 23.2 Å². The monoisotopic (exact) mass is 586 g/mol. The Hall–Kier alpha value is -3.36. The van der Waals surface area contributed by atoms with Crippen LogP contribution in [0.2, 0.25) is 5.02 Å². The van der Waals surface area contributed by atoms with Crippen LogP contribution in [0.15, 0.2) is 48.5 Å². The van der Waals surface area contributed by atoms with Crippen LogP contribution in [-0.4, -0.2) is 24.2 Å². The lowest BCUT2D eigenvalue weighted by Crippen LogP contribution is -2.21. The Morgan fingerprint density at radius 3 is 2.17 bits per heavy atom. The van der Waals surface area contributed by atoms with E-state index in [1.807, 2.05) is 18.2 Å². The first-order valence-electron chi connectivity index (χ1n) is 12.6. The molecule has 0 unspecified atom stereocenters. The highest BCUT2D eigenvalue weighted by Crippen LogP contribution is 2.30. The van der Waals surface area contributed by atoms with Crippen molar-refractivity contribution in [1.82, 2.24) is 10.3 Å². The van der Waals surface area contributed by atoms with Gasteiger partial charge in [0.25, 0.3) is 5.91 Å². The number of hydrogen-bond acceptors (Lipinski definition) is 5. The van der Waals surface area contributed by atoms with Crippen molar-refractivity contribution in [2.45, 2.75) is 59.0 Å². The first-order chi connectivity index (χ1) is 18.6. The highest BCUT2D eigenvalue weighted by Gasteiger charge is 2.21. The number of rotatable bonds is 5. The fourth-order valence-electron chi connectivity index (χ4n) is 3.71. The van der Waals surface area contributed by atoms with Crippen LogP contribution in [0, 0.1) is 11.6 Å². The molecule has 3 aromatic carbocycles. The zero-order valence-corrected chi connectivity index (χ0v) is 25.2. The second-order valence-electron chi connectivity index (χ2n) is 11.3. The molecule has 4 aromatic rings. The molecular formula is C31H33ClF2N2O3S. The molecule has 9 heteroatoms. The van der Waals surface area contributed by atoms with Gasteiger partial charge in [-0.1, -0.05) is 59.2 Å². The Kier molecular flexibility index (Phi) is 9.69. The number of fused-ring (bicyclic) bond motifs is 1. The number of carbonyl (C=O) groups is 2. The Bertz CT molecular complexity index is 1510. The molecule has 40 heavy (non-hydrogen) atoms. The third-order valence-corrected chi connectivity index (χ3v) is 7.32. The summed E-state index contributed by atoms with van der Waals surface area (Å²) in [5.74, 6) is -3.07.